The summed E-state index contributed by atoms with van der Waals surface area (Å²) in [5.74, 6) is 0. The van der Waals surface area contributed by atoms with Gasteiger partial charge in [0.25, 0.3) is 0 Å². The molecule has 0 N–H and O–H groups in total. The van der Waals surface area contributed by atoms with E-state index in [0.29, 0.717) is 0 Å². The Bertz CT molecular complexity index is 80.2. The molecule has 0 saturated heterocycles. The predicted molar refractivity (Wildman–Crippen MR) is 67.5 cm³/mol. The van der Waals surface area contributed by atoms with Crippen LogP contribution in [-0.2, 0) is 0 Å². The maximum absolute atomic E-state index is 2.38. The van der Waals surface area contributed by atoms with Crippen molar-refractivity contribution in [2.45, 2.75) is 70.8 Å². The number of hydrogen-bond donors (Lipinski definition) is 0. The van der Waals surface area contributed by atoms with Crippen LogP contribution in [0.5, 0.6) is 0 Å². The fourth-order valence-corrected chi connectivity index (χ4v) is 19.3. The Labute approximate surface area is 89.5 Å². The molecule has 0 fully saturated rings. The molecule has 0 aliphatic heterocycles. The van der Waals surface area contributed by atoms with E-state index in [1.54, 1.807) is 17.5 Å². The molecule has 0 rings (SSSR count). The van der Waals surface area contributed by atoms with Crippen molar-refractivity contribution >= 4 is 18.8 Å². The van der Waals surface area contributed by atoms with Gasteiger partial charge in [-0.25, -0.2) is 0 Å². The van der Waals surface area contributed by atoms with E-state index in [-0.39, 0.29) is 0 Å². The molecule has 0 aliphatic rings. The predicted octanol–water partition coefficient (Wildman–Crippen LogP) is 4.81. The van der Waals surface area contributed by atoms with Gasteiger partial charge in [0.05, 0.1) is 0 Å². The molecule has 0 aromatic heterocycles. The molecule has 82 valence electrons. The van der Waals surface area contributed by atoms with Gasteiger partial charge in [-0.1, -0.05) is 0 Å². The zero-order valence-electron chi connectivity index (χ0n) is 10.2. The molecule has 0 nitrogen and oxygen atoms in total. The molecule has 1 heteroatoms. The van der Waals surface area contributed by atoms with E-state index in [1.165, 1.54) is 25.7 Å². The molecule has 13 heavy (non-hydrogen) atoms. The van der Waals surface area contributed by atoms with Crippen LogP contribution in [0.3, 0.4) is 0 Å². The molecule has 0 aromatic carbocycles. The maximum atomic E-state index is 2.38. The van der Waals surface area contributed by atoms with Gasteiger partial charge < -0.3 is 0 Å². The van der Waals surface area contributed by atoms with Crippen molar-refractivity contribution in [3.63, 3.8) is 0 Å². The van der Waals surface area contributed by atoms with Crippen molar-refractivity contribution in [1.82, 2.24) is 0 Å². The molecular formula is C12H29Sb. The monoisotopic (exact) mass is 294 g/mol. The van der Waals surface area contributed by atoms with Gasteiger partial charge >= 0.3 is 89.7 Å². The van der Waals surface area contributed by atoms with Crippen LogP contribution in [0.1, 0.15) is 53.4 Å². The quantitative estimate of drug-likeness (QED) is 0.564. The van der Waals surface area contributed by atoms with Gasteiger partial charge in [0, 0.05) is 0 Å². The molecule has 0 heterocycles. The Morgan fingerprint density at radius 2 is 0.769 bits per heavy atom. The first kappa shape index (κ1) is 13.8. The van der Waals surface area contributed by atoms with Gasteiger partial charge in [0.15, 0.2) is 0 Å². The fraction of sp³-hybridized carbons (Fsp3) is 1.00. The first-order valence-corrected chi connectivity index (χ1v) is 14.3. The number of rotatable bonds is 8. The van der Waals surface area contributed by atoms with Crippen LogP contribution in [-0.4, -0.2) is 18.8 Å². The van der Waals surface area contributed by atoms with Crippen LogP contribution in [0.15, 0.2) is 0 Å². The van der Waals surface area contributed by atoms with E-state index in [2.05, 4.69) is 27.7 Å². The third-order valence-electron chi connectivity index (χ3n) is 3.12. The van der Waals surface area contributed by atoms with Crippen LogP contribution in [0, 0.1) is 0 Å². The van der Waals surface area contributed by atoms with Gasteiger partial charge in [0.2, 0.25) is 0 Å². The van der Waals surface area contributed by atoms with E-state index in [4.69, 9.17) is 0 Å². The second-order valence-corrected chi connectivity index (χ2v) is 18.8. The van der Waals surface area contributed by atoms with Crippen molar-refractivity contribution in [2.75, 3.05) is 0 Å². The summed E-state index contributed by atoms with van der Waals surface area (Å²) in [5.41, 5.74) is 0. The van der Waals surface area contributed by atoms with Gasteiger partial charge in [-0.2, -0.15) is 0 Å². The van der Waals surface area contributed by atoms with Crippen LogP contribution in [0.4, 0.5) is 0 Å². The molecule has 0 radical (unpaired) electrons. The molecule has 0 atom stereocenters. The summed E-state index contributed by atoms with van der Waals surface area (Å²) in [7, 11) is 0. The van der Waals surface area contributed by atoms with Crippen molar-refractivity contribution in [2.24, 2.45) is 0 Å². The third-order valence-corrected chi connectivity index (χ3v) is 20.9. The van der Waals surface area contributed by atoms with Crippen LogP contribution >= 0.6 is 0 Å². The summed E-state index contributed by atoms with van der Waals surface area (Å²) < 4.78 is 6.63. The Hall–Kier alpha value is 0.818. The molecule has 0 aromatic rings. The van der Waals surface area contributed by atoms with Crippen LogP contribution < -0.4 is 0 Å². The second kappa shape index (κ2) is 8.15. The summed E-state index contributed by atoms with van der Waals surface area (Å²) in [5, 5.41) is 0. The first-order valence-electron chi connectivity index (χ1n) is 6.24. The minimum absolute atomic E-state index is 1.45. The van der Waals surface area contributed by atoms with Gasteiger partial charge in [-0.3, -0.25) is 0 Å². The summed E-state index contributed by atoms with van der Waals surface area (Å²) in [6, 6.07) is 0. The summed E-state index contributed by atoms with van der Waals surface area (Å²) >= 11 is -1.56. The van der Waals surface area contributed by atoms with Crippen molar-refractivity contribution in [3.8, 4) is 0 Å². The second-order valence-electron chi connectivity index (χ2n) is 4.50. The summed E-state index contributed by atoms with van der Waals surface area (Å²) in [6.07, 6.45) is 5.82. The van der Waals surface area contributed by atoms with E-state index in [0.717, 1.165) is 0 Å². The van der Waals surface area contributed by atoms with Gasteiger partial charge in [-0.05, 0) is 0 Å². The van der Waals surface area contributed by atoms with Crippen molar-refractivity contribution < 1.29 is 0 Å². The molecular weight excluding hydrogens is 266 g/mol. The SMILES string of the molecule is CC[CH2][SbH]([CH2]CC)([CH2]CC)[CH2]CC. The zero-order chi connectivity index (χ0) is 10.2. The normalized spacial score (nSPS) is 13.2. The standard InChI is InChI=1S/4C3H7.Sb.H/c4*1-3-2;;/h4*1,3H2,2H3;;. The fourth-order valence-electron chi connectivity index (χ4n) is 2.87. The molecule has 0 spiro atoms. The Morgan fingerprint density at radius 3 is 0.923 bits per heavy atom. The average Bonchev–Trinajstić information content (AvgIpc) is 2.06. The van der Waals surface area contributed by atoms with Crippen LogP contribution in [0.25, 0.3) is 0 Å². The van der Waals surface area contributed by atoms with Crippen LogP contribution in [0.2, 0.25) is 17.5 Å². The summed E-state index contributed by atoms with van der Waals surface area (Å²) in [4.78, 5) is 0. The van der Waals surface area contributed by atoms with Gasteiger partial charge in [0.1, 0.15) is 0 Å². The topological polar surface area (TPSA) is 0 Å². The minimum atomic E-state index is -1.56. The molecule has 0 saturated carbocycles. The molecule has 0 unspecified atom stereocenters. The van der Waals surface area contributed by atoms with E-state index in [1.807, 2.05) is 0 Å². The van der Waals surface area contributed by atoms with Crippen molar-refractivity contribution in [1.29, 1.82) is 0 Å². The average molecular weight is 295 g/mol. The summed E-state index contributed by atoms with van der Waals surface area (Å²) in [6.45, 7) is 9.53. The first-order chi connectivity index (χ1) is 6.24. The molecule has 0 bridgehead atoms. The Morgan fingerprint density at radius 1 is 0.538 bits per heavy atom. The van der Waals surface area contributed by atoms with Crippen molar-refractivity contribution in [3.05, 3.63) is 0 Å². The Kier molecular flexibility index (Phi) is 8.67. The molecule has 0 amide bonds. The zero-order valence-corrected chi connectivity index (χ0v) is 13.0. The molecule has 0 aliphatic carbocycles. The van der Waals surface area contributed by atoms with E-state index >= 15 is 0 Å². The van der Waals surface area contributed by atoms with E-state index < -0.39 is 18.8 Å². The number of hydrogen-bond acceptors (Lipinski definition) is 0. The van der Waals surface area contributed by atoms with E-state index in [9.17, 15) is 0 Å². The Balaban J connectivity index is 4.19. The van der Waals surface area contributed by atoms with Gasteiger partial charge in [-0.15, -0.1) is 0 Å². The third kappa shape index (κ3) is 5.30.